The molecule has 1 aromatic carbocycles. The Bertz CT molecular complexity index is 420. The molecule has 1 heterocycles. The minimum atomic E-state index is 0.941. The molecule has 14 heavy (non-hydrogen) atoms. The molecule has 0 aliphatic heterocycles. The van der Waals surface area contributed by atoms with Gasteiger partial charge in [-0.2, -0.15) is 12.6 Å². The number of aryl methyl sites for hydroxylation is 1. The minimum absolute atomic E-state index is 0.941. The number of thiol groups is 1. The second-order valence-electron chi connectivity index (χ2n) is 3.31. The van der Waals surface area contributed by atoms with Crippen molar-refractivity contribution in [3.8, 4) is 0 Å². The molecule has 2 aromatic rings. The van der Waals surface area contributed by atoms with Gasteiger partial charge in [0.15, 0.2) is 0 Å². The fourth-order valence-corrected chi connectivity index (χ4v) is 1.80. The van der Waals surface area contributed by atoms with E-state index in [2.05, 4.69) is 41.9 Å². The Balaban J connectivity index is 2.43. The van der Waals surface area contributed by atoms with E-state index in [-0.39, 0.29) is 0 Å². The molecule has 72 valence electrons. The van der Waals surface area contributed by atoms with Crippen molar-refractivity contribution < 1.29 is 0 Å². The summed E-state index contributed by atoms with van der Waals surface area (Å²) in [6.07, 6.45) is 4.10. The zero-order valence-electron chi connectivity index (χ0n) is 7.98. The van der Waals surface area contributed by atoms with E-state index in [1.807, 2.05) is 12.3 Å². The first kappa shape index (κ1) is 9.53. The predicted molar refractivity (Wildman–Crippen MR) is 63.9 cm³/mol. The van der Waals surface area contributed by atoms with Gasteiger partial charge in [-0.1, -0.05) is 18.2 Å². The molecular formula is C12H13NS. The van der Waals surface area contributed by atoms with Crippen LogP contribution in [0.15, 0.2) is 36.5 Å². The molecule has 0 fully saturated rings. The molecular weight excluding hydrogens is 190 g/mol. The van der Waals surface area contributed by atoms with Crippen LogP contribution >= 0.6 is 12.6 Å². The second-order valence-corrected chi connectivity index (χ2v) is 3.76. The quantitative estimate of drug-likeness (QED) is 0.756. The van der Waals surface area contributed by atoms with E-state index >= 15 is 0 Å². The molecule has 0 spiro atoms. The lowest BCUT2D eigenvalue weighted by molar-refractivity contribution is 0.942. The Morgan fingerprint density at radius 2 is 2.00 bits per heavy atom. The number of para-hydroxylation sites is 1. The first-order valence-corrected chi connectivity index (χ1v) is 5.48. The van der Waals surface area contributed by atoms with Crippen LogP contribution in [0.25, 0.3) is 10.9 Å². The second kappa shape index (κ2) is 4.47. The van der Waals surface area contributed by atoms with Crippen LogP contribution in [0.2, 0.25) is 0 Å². The highest BCUT2D eigenvalue weighted by Gasteiger charge is 1.99. The molecule has 0 atom stereocenters. The third-order valence-corrected chi connectivity index (χ3v) is 2.66. The summed E-state index contributed by atoms with van der Waals surface area (Å²) in [5.41, 5.74) is 2.47. The van der Waals surface area contributed by atoms with Gasteiger partial charge in [-0.25, -0.2) is 0 Å². The number of hydrogen-bond donors (Lipinski definition) is 1. The van der Waals surface area contributed by atoms with Crippen molar-refractivity contribution in [1.82, 2.24) is 4.98 Å². The van der Waals surface area contributed by atoms with Gasteiger partial charge in [0, 0.05) is 11.6 Å². The molecule has 0 bridgehead atoms. The number of nitrogens with zero attached hydrogens (tertiary/aromatic N) is 1. The van der Waals surface area contributed by atoms with Crippen molar-refractivity contribution in [3.05, 3.63) is 42.1 Å². The molecule has 0 amide bonds. The van der Waals surface area contributed by atoms with Crippen molar-refractivity contribution in [2.24, 2.45) is 0 Å². The third kappa shape index (κ3) is 1.90. The molecule has 0 aliphatic carbocycles. The van der Waals surface area contributed by atoms with Crippen molar-refractivity contribution in [1.29, 1.82) is 0 Å². The molecule has 0 radical (unpaired) electrons. The fraction of sp³-hybridized carbons (Fsp3) is 0.250. The van der Waals surface area contributed by atoms with Gasteiger partial charge in [-0.15, -0.1) is 0 Å². The number of rotatable bonds is 3. The standard InChI is InChI=1S/C12H13NS/c14-9-3-4-10-7-8-13-12-6-2-1-5-11(10)12/h1-2,5-8,14H,3-4,9H2. The van der Waals surface area contributed by atoms with Crippen molar-refractivity contribution in [2.75, 3.05) is 5.75 Å². The average molecular weight is 203 g/mol. The summed E-state index contributed by atoms with van der Waals surface area (Å²) in [7, 11) is 0. The van der Waals surface area contributed by atoms with Crippen LogP contribution in [0.5, 0.6) is 0 Å². The maximum Gasteiger partial charge on any atom is 0.0704 e. The first-order chi connectivity index (χ1) is 6.92. The molecule has 2 heteroatoms. The van der Waals surface area contributed by atoms with Crippen molar-refractivity contribution >= 4 is 23.5 Å². The van der Waals surface area contributed by atoms with Gasteiger partial charge in [0.25, 0.3) is 0 Å². The smallest absolute Gasteiger partial charge is 0.0704 e. The van der Waals surface area contributed by atoms with Gasteiger partial charge in [-0.3, -0.25) is 4.98 Å². The first-order valence-electron chi connectivity index (χ1n) is 4.85. The van der Waals surface area contributed by atoms with Gasteiger partial charge < -0.3 is 0 Å². The molecule has 0 saturated heterocycles. The number of aromatic nitrogens is 1. The molecule has 0 unspecified atom stereocenters. The van der Waals surface area contributed by atoms with Gasteiger partial charge in [0.1, 0.15) is 0 Å². The van der Waals surface area contributed by atoms with Crippen molar-refractivity contribution in [3.63, 3.8) is 0 Å². The topological polar surface area (TPSA) is 12.9 Å². The van der Waals surface area contributed by atoms with E-state index in [9.17, 15) is 0 Å². The number of pyridine rings is 1. The SMILES string of the molecule is SCCCc1ccnc2ccccc12. The molecule has 1 aromatic heterocycles. The summed E-state index contributed by atoms with van der Waals surface area (Å²) in [4.78, 5) is 4.33. The molecule has 1 nitrogen and oxygen atoms in total. The number of benzene rings is 1. The van der Waals surface area contributed by atoms with Crippen LogP contribution in [0.3, 0.4) is 0 Å². The highest BCUT2D eigenvalue weighted by atomic mass is 32.1. The van der Waals surface area contributed by atoms with Crippen LogP contribution in [0.1, 0.15) is 12.0 Å². The van der Waals surface area contributed by atoms with Crippen LogP contribution in [-0.4, -0.2) is 10.7 Å². The van der Waals surface area contributed by atoms with E-state index < -0.39 is 0 Å². The van der Waals surface area contributed by atoms with Crippen molar-refractivity contribution in [2.45, 2.75) is 12.8 Å². The number of fused-ring (bicyclic) bond motifs is 1. The van der Waals surface area contributed by atoms with E-state index in [0.717, 1.165) is 24.1 Å². The van der Waals surface area contributed by atoms with Crippen LogP contribution < -0.4 is 0 Å². The van der Waals surface area contributed by atoms with E-state index in [1.165, 1.54) is 10.9 Å². The Labute approximate surface area is 89.6 Å². The largest absolute Gasteiger partial charge is 0.256 e. The zero-order chi connectivity index (χ0) is 9.80. The Morgan fingerprint density at radius 1 is 1.14 bits per heavy atom. The van der Waals surface area contributed by atoms with Gasteiger partial charge in [-0.05, 0) is 36.3 Å². The fourth-order valence-electron chi connectivity index (χ4n) is 1.64. The molecule has 2 rings (SSSR count). The molecule has 0 saturated carbocycles. The lowest BCUT2D eigenvalue weighted by Crippen LogP contribution is -1.89. The summed E-state index contributed by atoms with van der Waals surface area (Å²) in [6.45, 7) is 0. The summed E-state index contributed by atoms with van der Waals surface area (Å²) in [6, 6.07) is 10.4. The number of hydrogen-bond acceptors (Lipinski definition) is 2. The van der Waals surface area contributed by atoms with Gasteiger partial charge >= 0.3 is 0 Å². The minimum Gasteiger partial charge on any atom is -0.256 e. The van der Waals surface area contributed by atoms with E-state index in [1.54, 1.807) is 0 Å². The predicted octanol–water partition coefficient (Wildman–Crippen LogP) is 3.10. The molecule has 0 aliphatic rings. The van der Waals surface area contributed by atoms with E-state index in [4.69, 9.17) is 0 Å². The van der Waals surface area contributed by atoms with Gasteiger partial charge in [0.05, 0.1) is 5.52 Å². The van der Waals surface area contributed by atoms with Crippen LogP contribution in [0.4, 0.5) is 0 Å². The lowest BCUT2D eigenvalue weighted by Gasteiger charge is -2.04. The summed E-state index contributed by atoms with van der Waals surface area (Å²) >= 11 is 4.23. The van der Waals surface area contributed by atoms with Crippen LogP contribution in [0, 0.1) is 0 Å². The van der Waals surface area contributed by atoms with Crippen LogP contribution in [-0.2, 0) is 6.42 Å². The monoisotopic (exact) mass is 203 g/mol. The maximum atomic E-state index is 4.33. The summed E-state index contributed by atoms with van der Waals surface area (Å²) in [5.74, 6) is 0.941. The lowest BCUT2D eigenvalue weighted by atomic mass is 10.1. The highest BCUT2D eigenvalue weighted by Crippen LogP contribution is 2.17. The third-order valence-electron chi connectivity index (χ3n) is 2.34. The summed E-state index contributed by atoms with van der Waals surface area (Å²) < 4.78 is 0. The van der Waals surface area contributed by atoms with Gasteiger partial charge in [0.2, 0.25) is 0 Å². The van der Waals surface area contributed by atoms with E-state index in [0.29, 0.717) is 0 Å². The Hall–Kier alpha value is -1.02. The summed E-state index contributed by atoms with van der Waals surface area (Å²) in [5, 5.41) is 1.27. The normalized spacial score (nSPS) is 10.6. The molecule has 0 N–H and O–H groups in total. The Kier molecular flexibility index (Phi) is 3.04. The zero-order valence-corrected chi connectivity index (χ0v) is 8.87. The highest BCUT2D eigenvalue weighted by molar-refractivity contribution is 7.80. The Morgan fingerprint density at radius 3 is 2.86 bits per heavy atom. The maximum absolute atomic E-state index is 4.33. The average Bonchev–Trinajstić information content (AvgIpc) is 2.26.